The van der Waals surface area contributed by atoms with Crippen molar-refractivity contribution in [2.24, 2.45) is 5.92 Å². The average molecular weight is 290 g/mol. The van der Waals surface area contributed by atoms with Crippen molar-refractivity contribution in [1.29, 1.82) is 0 Å². The van der Waals surface area contributed by atoms with Gasteiger partial charge in [0, 0.05) is 38.3 Å². The molecule has 0 radical (unpaired) electrons. The van der Waals surface area contributed by atoms with Gasteiger partial charge >= 0.3 is 0 Å². The molecule has 1 aromatic rings. The van der Waals surface area contributed by atoms with Crippen molar-refractivity contribution in [3.63, 3.8) is 0 Å². The largest absolute Gasteiger partial charge is 0.381 e. The Bertz CT molecular complexity index is 456. The number of ether oxygens (including phenoxy) is 1. The van der Waals surface area contributed by atoms with Gasteiger partial charge in [-0.05, 0) is 38.0 Å². The molecule has 1 aromatic heterocycles. The summed E-state index contributed by atoms with van der Waals surface area (Å²) in [7, 11) is 0. The molecule has 2 aliphatic rings. The van der Waals surface area contributed by atoms with Crippen molar-refractivity contribution in [1.82, 2.24) is 9.97 Å². The SMILES string of the molecule is CCCNc1cc(NCCC2CCOC2)nc(C2CC2)n1. The van der Waals surface area contributed by atoms with E-state index in [1.807, 2.05) is 6.07 Å². The lowest BCUT2D eigenvalue weighted by Crippen LogP contribution is -2.12. The maximum Gasteiger partial charge on any atom is 0.136 e. The number of aromatic nitrogens is 2. The summed E-state index contributed by atoms with van der Waals surface area (Å²) in [6.07, 6.45) is 5.92. The maximum atomic E-state index is 5.42. The first-order chi connectivity index (χ1) is 10.3. The third-order valence-electron chi connectivity index (χ3n) is 4.12. The van der Waals surface area contributed by atoms with Crippen LogP contribution in [-0.2, 0) is 4.74 Å². The molecule has 0 amide bonds. The highest BCUT2D eigenvalue weighted by Gasteiger charge is 2.27. The summed E-state index contributed by atoms with van der Waals surface area (Å²) in [6.45, 7) is 5.93. The number of hydrogen-bond acceptors (Lipinski definition) is 5. The Labute approximate surface area is 126 Å². The first kappa shape index (κ1) is 14.6. The molecule has 2 fully saturated rings. The van der Waals surface area contributed by atoms with Gasteiger partial charge in [-0.25, -0.2) is 9.97 Å². The van der Waals surface area contributed by atoms with E-state index in [1.165, 1.54) is 19.3 Å². The molecule has 5 heteroatoms. The molecular formula is C16H26N4O. The van der Waals surface area contributed by atoms with Crippen LogP contribution in [0.1, 0.15) is 50.8 Å². The smallest absolute Gasteiger partial charge is 0.136 e. The van der Waals surface area contributed by atoms with Gasteiger partial charge in [-0.3, -0.25) is 0 Å². The van der Waals surface area contributed by atoms with Crippen LogP contribution in [0.15, 0.2) is 6.07 Å². The first-order valence-electron chi connectivity index (χ1n) is 8.29. The Morgan fingerprint density at radius 2 is 1.90 bits per heavy atom. The Balaban J connectivity index is 1.57. The fraction of sp³-hybridized carbons (Fsp3) is 0.750. The zero-order chi connectivity index (χ0) is 14.5. The van der Waals surface area contributed by atoms with E-state index in [1.54, 1.807) is 0 Å². The van der Waals surface area contributed by atoms with Crippen molar-refractivity contribution in [2.45, 2.75) is 44.9 Å². The second-order valence-corrected chi connectivity index (χ2v) is 6.14. The minimum Gasteiger partial charge on any atom is -0.381 e. The molecule has 5 nitrogen and oxygen atoms in total. The maximum absolute atomic E-state index is 5.42. The van der Waals surface area contributed by atoms with Crippen molar-refractivity contribution < 1.29 is 4.74 Å². The summed E-state index contributed by atoms with van der Waals surface area (Å²) in [5.41, 5.74) is 0. The zero-order valence-electron chi connectivity index (χ0n) is 12.9. The van der Waals surface area contributed by atoms with Gasteiger partial charge in [-0.1, -0.05) is 6.92 Å². The van der Waals surface area contributed by atoms with E-state index in [2.05, 4.69) is 27.5 Å². The molecule has 1 atom stereocenters. The number of hydrogen-bond donors (Lipinski definition) is 2. The van der Waals surface area contributed by atoms with Crippen molar-refractivity contribution >= 4 is 11.6 Å². The van der Waals surface area contributed by atoms with Crippen molar-refractivity contribution in [3.8, 4) is 0 Å². The third kappa shape index (κ3) is 4.30. The van der Waals surface area contributed by atoms with Gasteiger partial charge in [0.15, 0.2) is 0 Å². The van der Waals surface area contributed by atoms with Gasteiger partial charge in [0.25, 0.3) is 0 Å². The Kier molecular flexibility index (Phi) is 4.91. The second-order valence-electron chi connectivity index (χ2n) is 6.14. The second kappa shape index (κ2) is 7.07. The highest BCUT2D eigenvalue weighted by atomic mass is 16.5. The van der Waals surface area contributed by atoms with E-state index < -0.39 is 0 Å². The van der Waals surface area contributed by atoms with Crippen LogP contribution in [0.5, 0.6) is 0 Å². The summed E-state index contributed by atoms with van der Waals surface area (Å²) >= 11 is 0. The van der Waals surface area contributed by atoms with Gasteiger partial charge in [0.05, 0.1) is 0 Å². The molecule has 2 heterocycles. The van der Waals surface area contributed by atoms with Crippen LogP contribution in [0.2, 0.25) is 0 Å². The minimum absolute atomic E-state index is 0.581. The fourth-order valence-corrected chi connectivity index (χ4v) is 2.64. The minimum atomic E-state index is 0.581. The van der Waals surface area contributed by atoms with E-state index in [-0.39, 0.29) is 0 Å². The van der Waals surface area contributed by atoms with E-state index in [4.69, 9.17) is 4.74 Å². The molecule has 0 aromatic carbocycles. The van der Waals surface area contributed by atoms with Gasteiger partial charge < -0.3 is 15.4 Å². The topological polar surface area (TPSA) is 59.1 Å². The van der Waals surface area contributed by atoms with Gasteiger partial charge in [-0.2, -0.15) is 0 Å². The molecule has 3 rings (SSSR count). The summed E-state index contributed by atoms with van der Waals surface area (Å²) in [5, 5.41) is 6.84. The number of nitrogens with zero attached hydrogens (tertiary/aromatic N) is 2. The summed E-state index contributed by atoms with van der Waals surface area (Å²) in [5.74, 6) is 4.21. The molecule has 0 bridgehead atoms. The highest BCUT2D eigenvalue weighted by Crippen LogP contribution is 2.38. The molecule has 1 aliphatic heterocycles. The Morgan fingerprint density at radius 1 is 1.14 bits per heavy atom. The van der Waals surface area contributed by atoms with E-state index in [9.17, 15) is 0 Å². The van der Waals surface area contributed by atoms with E-state index in [0.29, 0.717) is 11.8 Å². The van der Waals surface area contributed by atoms with Crippen LogP contribution in [0.25, 0.3) is 0 Å². The molecule has 0 spiro atoms. The normalized spacial score (nSPS) is 21.5. The summed E-state index contributed by atoms with van der Waals surface area (Å²) in [4.78, 5) is 9.31. The zero-order valence-corrected chi connectivity index (χ0v) is 12.9. The fourth-order valence-electron chi connectivity index (χ4n) is 2.64. The molecule has 1 unspecified atom stereocenters. The number of anilines is 2. The Hall–Kier alpha value is -1.36. The average Bonchev–Trinajstić information content (AvgIpc) is 3.23. The van der Waals surface area contributed by atoms with E-state index >= 15 is 0 Å². The van der Waals surface area contributed by atoms with Crippen molar-refractivity contribution in [3.05, 3.63) is 11.9 Å². The standard InChI is InChI=1S/C16H26N4O/c1-2-7-17-14-10-15(20-16(19-14)13-3-4-13)18-8-5-12-6-9-21-11-12/h10,12-13H,2-9,11H2,1H3,(H2,17,18,19,20). The number of rotatable bonds is 8. The molecule has 1 saturated heterocycles. The molecule has 1 saturated carbocycles. The lowest BCUT2D eigenvalue weighted by Gasteiger charge is -2.12. The van der Waals surface area contributed by atoms with Crippen LogP contribution >= 0.6 is 0 Å². The molecule has 1 aliphatic carbocycles. The summed E-state index contributed by atoms with van der Waals surface area (Å²) < 4.78 is 5.42. The predicted molar refractivity (Wildman–Crippen MR) is 84.8 cm³/mol. The Morgan fingerprint density at radius 3 is 2.52 bits per heavy atom. The van der Waals surface area contributed by atoms with Crippen LogP contribution in [0.4, 0.5) is 11.6 Å². The summed E-state index contributed by atoms with van der Waals surface area (Å²) in [6, 6.07) is 2.03. The quantitative estimate of drug-likeness (QED) is 0.770. The van der Waals surface area contributed by atoms with Crippen LogP contribution in [0.3, 0.4) is 0 Å². The van der Waals surface area contributed by atoms with Crippen molar-refractivity contribution in [2.75, 3.05) is 36.9 Å². The molecule has 116 valence electrons. The molecule has 21 heavy (non-hydrogen) atoms. The predicted octanol–water partition coefficient (Wildman–Crippen LogP) is 3.01. The molecular weight excluding hydrogens is 264 g/mol. The number of nitrogens with one attached hydrogen (secondary N) is 2. The highest BCUT2D eigenvalue weighted by molar-refractivity contribution is 5.48. The lowest BCUT2D eigenvalue weighted by atomic mass is 10.1. The third-order valence-corrected chi connectivity index (χ3v) is 4.12. The van der Waals surface area contributed by atoms with E-state index in [0.717, 1.165) is 56.6 Å². The first-order valence-corrected chi connectivity index (χ1v) is 8.29. The van der Waals surface area contributed by atoms with Gasteiger partial charge in [0.2, 0.25) is 0 Å². The van der Waals surface area contributed by atoms with Gasteiger partial charge in [0.1, 0.15) is 17.5 Å². The van der Waals surface area contributed by atoms with Crippen LogP contribution < -0.4 is 10.6 Å². The molecule has 2 N–H and O–H groups in total. The monoisotopic (exact) mass is 290 g/mol. The van der Waals surface area contributed by atoms with Crippen LogP contribution in [0, 0.1) is 5.92 Å². The van der Waals surface area contributed by atoms with Crippen LogP contribution in [-0.4, -0.2) is 36.3 Å². The lowest BCUT2D eigenvalue weighted by molar-refractivity contribution is 0.185. The van der Waals surface area contributed by atoms with Gasteiger partial charge in [-0.15, -0.1) is 0 Å².